The molecule has 1 unspecified atom stereocenters. The lowest BCUT2D eigenvalue weighted by atomic mass is 10.3. The Labute approximate surface area is 185 Å². The number of anilines is 1. The van der Waals surface area contributed by atoms with E-state index in [1.165, 1.54) is 23.7 Å². The number of carbonyl (C=O) groups excluding carboxylic acids is 1. The number of amides is 1. The first kappa shape index (κ1) is 23.6. The van der Waals surface area contributed by atoms with Crippen molar-refractivity contribution < 1.29 is 14.2 Å². The van der Waals surface area contributed by atoms with Crippen LogP contribution in [0.15, 0.2) is 65.8 Å². The maximum Gasteiger partial charge on any atom is 0.434 e. The summed E-state index contributed by atoms with van der Waals surface area (Å²) < 4.78 is 8.27. The Bertz CT molecular complexity index is 854. The van der Waals surface area contributed by atoms with Gasteiger partial charge in [0, 0.05) is 6.16 Å². The number of oxime groups is 1. The molecule has 10 heteroatoms. The van der Waals surface area contributed by atoms with E-state index in [1.807, 2.05) is 77.9 Å². The minimum atomic E-state index is -2.44. The fourth-order valence-corrected chi connectivity index (χ4v) is 6.47. The molecule has 0 heterocycles. The molecule has 6 nitrogen and oxygen atoms in total. The summed E-state index contributed by atoms with van der Waals surface area (Å²) in [7, 11) is 0. The Morgan fingerprint density at radius 2 is 1.79 bits per heavy atom. The van der Waals surface area contributed by atoms with E-state index < -0.39 is 12.5 Å². The Morgan fingerprint density at radius 3 is 2.38 bits per heavy atom. The van der Waals surface area contributed by atoms with Crippen molar-refractivity contribution in [3.63, 3.8) is 0 Å². The van der Waals surface area contributed by atoms with Gasteiger partial charge in [-0.05, 0) is 61.2 Å². The van der Waals surface area contributed by atoms with Crippen LogP contribution in [0.2, 0.25) is 0 Å². The highest BCUT2D eigenvalue weighted by Gasteiger charge is 2.28. The van der Waals surface area contributed by atoms with Crippen molar-refractivity contribution in [1.29, 1.82) is 0 Å². The molecule has 156 valence electrons. The first-order chi connectivity index (χ1) is 14.0. The zero-order valence-corrected chi connectivity index (χ0v) is 19.8. The molecule has 0 fully saturated rings. The van der Waals surface area contributed by atoms with Gasteiger partial charge in [-0.25, -0.2) is 4.79 Å². The Kier molecular flexibility index (Phi) is 9.87. The second kappa shape index (κ2) is 12.1. The monoisotopic (exact) mass is 469 g/mol. The highest BCUT2D eigenvalue weighted by atomic mass is 32.5. The molecule has 0 aliphatic rings. The van der Waals surface area contributed by atoms with Crippen LogP contribution < -0.4 is 13.9 Å². The average molecular weight is 470 g/mol. The molecule has 0 saturated carbocycles. The summed E-state index contributed by atoms with van der Waals surface area (Å²) in [5.41, 5.74) is 0.921. The van der Waals surface area contributed by atoms with Crippen LogP contribution in [-0.4, -0.2) is 29.4 Å². The van der Waals surface area contributed by atoms with Crippen LogP contribution in [0.1, 0.15) is 13.8 Å². The lowest BCUT2D eigenvalue weighted by molar-refractivity contribution is 0.153. The molecular formula is C19H24N3O3PS3. The lowest BCUT2D eigenvalue weighted by Crippen LogP contribution is -2.26. The van der Waals surface area contributed by atoms with Gasteiger partial charge in [-0.3, -0.25) is 8.91 Å². The number of hydrogen-bond donors (Lipinski definition) is 1. The summed E-state index contributed by atoms with van der Waals surface area (Å²) in [6.45, 7) is 3.78. The summed E-state index contributed by atoms with van der Waals surface area (Å²) in [4.78, 5) is 16.7. The number of nitrogens with zero attached hydrogens (tertiary/aromatic N) is 2. The zero-order chi connectivity index (χ0) is 21.1. The molecule has 0 radical (unpaired) electrons. The highest BCUT2D eigenvalue weighted by Crippen LogP contribution is 2.56. The van der Waals surface area contributed by atoms with Gasteiger partial charge < -0.3 is 9.84 Å². The van der Waals surface area contributed by atoms with Gasteiger partial charge in [-0.15, -0.1) is 11.8 Å². The molecule has 0 spiro atoms. The van der Waals surface area contributed by atoms with Crippen molar-refractivity contribution in [2.75, 3.05) is 22.4 Å². The average Bonchev–Trinajstić information content (AvgIpc) is 2.76. The van der Waals surface area contributed by atoms with Crippen LogP contribution in [0.3, 0.4) is 0 Å². The fourth-order valence-electron chi connectivity index (χ4n) is 2.10. The summed E-state index contributed by atoms with van der Waals surface area (Å²) in [5, 5.41) is 7.07. The van der Waals surface area contributed by atoms with Gasteiger partial charge in [-0.2, -0.15) is 0 Å². The van der Waals surface area contributed by atoms with Crippen molar-refractivity contribution in [3.8, 4) is 5.75 Å². The van der Waals surface area contributed by atoms with Gasteiger partial charge in [0.05, 0.1) is 11.6 Å². The molecule has 0 aromatic heterocycles. The lowest BCUT2D eigenvalue weighted by Gasteiger charge is -2.34. The zero-order valence-electron chi connectivity index (χ0n) is 16.5. The third-order valence-corrected chi connectivity index (χ3v) is 10.0. The molecule has 0 saturated heterocycles. The third-order valence-electron chi connectivity index (χ3n) is 3.60. The summed E-state index contributed by atoms with van der Waals surface area (Å²) in [5.74, 6) is 0.992. The SMILES string of the molecule is CCP(=S)(Oc1ccccc1)N(SCNC(=O)ON=C(C)SC)c1ccccc1. The fraction of sp³-hybridized carbons (Fsp3) is 0.263. The van der Waals surface area contributed by atoms with Gasteiger partial charge in [-0.1, -0.05) is 48.5 Å². The Morgan fingerprint density at radius 1 is 1.17 bits per heavy atom. The molecule has 0 aliphatic carbocycles. The largest absolute Gasteiger partial charge is 0.448 e. The van der Waals surface area contributed by atoms with E-state index in [0.29, 0.717) is 11.2 Å². The Hall–Kier alpha value is -1.67. The maximum absolute atomic E-state index is 11.9. The minimum Gasteiger partial charge on any atom is -0.448 e. The number of carbonyl (C=O) groups is 1. The number of para-hydroxylation sites is 2. The van der Waals surface area contributed by atoms with Crippen molar-refractivity contribution >= 4 is 58.8 Å². The smallest absolute Gasteiger partial charge is 0.434 e. The quantitative estimate of drug-likeness (QED) is 0.0929. The molecule has 0 aliphatic heterocycles. The van der Waals surface area contributed by atoms with E-state index in [2.05, 4.69) is 10.5 Å². The number of nitrogens with one attached hydrogen (secondary N) is 1. The normalized spacial score (nSPS) is 13.3. The number of rotatable bonds is 9. The molecular weight excluding hydrogens is 445 g/mol. The molecule has 2 aromatic rings. The van der Waals surface area contributed by atoms with E-state index in [9.17, 15) is 4.79 Å². The number of hydrogen-bond acceptors (Lipinski definition) is 7. The molecule has 2 aromatic carbocycles. The molecule has 0 bridgehead atoms. The summed E-state index contributed by atoms with van der Waals surface area (Å²) >= 11 is 8.78. The summed E-state index contributed by atoms with van der Waals surface area (Å²) in [6, 6.07) is 19.3. The predicted octanol–water partition coefficient (Wildman–Crippen LogP) is 5.93. The van der Waals surface area contributed by atoms with Crippen LogP contribution in [0.4, 0.5) is 10.5 Å². The van der Waals surface area contributed by atoms with E-state index >= 15 is 0 Å². The van der Waals surface area contributed by atoms with Crippen molar-refractivity contribution in [2.24, 2.45) is 5.16 Å². The summed E-state index contributed by atoms with van der Waals surface area (Å²) in [6.07, 6.45) is -0.549. The Balaban J connectivity index is 2.12. The highest BCUT2D eigenvalue weighted by molar-refractivity contribution is 8.21. The van der Waals surface area contributed by atoms with Gasteiger partial charge in [0.2, 0.25) is 6.42 Å². The van der Waals surface area contributed by atoms with Crippen LogP contribution in [0.5, 0.6) is 5.75 Å². The predicted molar refractivity (Wildman–Crippen MR) is 130 cm³/mol. The van der Waals surface area contributed by atoms with E-state index in [1.54, 1.807) is 6.92 Å². The molecule has 2 rings (SSSR count). The van der Waals surface area contributed by atoms with Crippen LogP contribution >= 0.6 is 30.1 Å². The molecule has 1 atom stereocenters. The standard InChI is InChI=1S/C19H24N3O3PS3/c1-4-26(27,25-18-13-9-6-10-14-18)22(17-11-7-5-8-12-17)29-15-20-19(23)24-21-16(2)28-3/h5-14H,4,15H2,1-3H3,(H,20,23). The minimum absolute atomic E-state index is 0.262. The van der Waals surface area contributed by atoms with E-state index in [-0.39, 0.29) is 5.88 Å². The second-order valence-corrected chi connectivity index (χ2v) is 12.0. The van der Waals surface area contributed by atoms with Crippen LogP contribution in [-0.2, 0) is 16.6 Å². The van der Waals surface area contributed by atoms with Gasteiger partial charge >= 0.3 is 6.09 Å². The van der Waals surface area contributed by atoms with E-state index in [0.717, 1.165) is 11.4 Å². The first-order valence-corrected chi connectivity index (χ1v) is 13.9. The number of thioether (sulfide) groups is 1. The van der Waals surface area contributed by atoms with Crippen LogP contribution in [0, 0.1) is 0 Å². The van der Waals surface area contributed by atoms with Gasteiger partial charge in [0.1, 0.15) is 10.8 Å². The van der Waals surface area contributed by atoms with Crippen molar-refractivity contribution in [1.82, 2.24) is 5.32 Å². The molecule has 29 heavy (non-hydrogen) atoms. The number of benzene rings is 2. The van der Waals surface area contributed by atoms with Crippen LogP contribution in [0.25, 0.3) is 0 Å². The third kappa shape index (κ3) is 7.59. The second-order valence-electron chi connectivity index (χ2n) is 5.61. The maximum atomic E-state index is 11.9. The topological polar surface area (TPSA) is 63.2 Å². The molecule has 1 N–H and O–H groups in total. The van der Waals surface area contributed by atoms with Crippen molar-refractivity contribution in [2.45, 2.75) is 13.8 Å². The van der Waals surface area contributed by atoms with Gasteiger partial charge in [0.15, 0.2) is 0 Å². The van der Waals surface area contributed by atoms with Gasteiger partial charge in [0.25, 0.3) is 0 Å². The molecule has 1 amide bonds. The van der Waals surface area contributed by atoms with Crippen molar-refractivity contribution in [3.05, 3.63) is 60.7 Å². The first-order valence-electron chi connectivity index (χ1n) is 8.84. The van der Waals surface area contributed by atoms with E-state index in [4.69, 9.17) is 21.2 Å².